The standard InChI is InChI=1S/C54H39P/c1-4-10-49-37-43(19-28-46(49)7-1)16-13-40-22-31-52(32-23-40)55(53-33-24-41(25-34-53)14-17-44-20-29-47-8-2-5-11-50(47)38-44)54-35-26-42(27-36-54)15-18-45-21-30-48-9-3-6-12-51(48)39-45/h1-39H/b16-13+,17-14+,18-15+. The highest BCUT2D eigenvalue weighted by Gasteiger charge is 2.16. The van der Waals surface area contributed by atoms with Crippen molar-refractivity contribution in [3.63, 3.8) is 0 Å². The number of hydrogen-bond donors (Lipinski definition) is 0. The SMILES string of the molecule is C(=C\c1ccc2ccccc2c1)/c1ccc(P(c2ccc(/C=C/c3ccc4ccccc4c3)cc2)c2ccc(/C=C/c3ccc4ccccc4c3)cc2)cc1. The number of fused-ring (bicyclic) bond motifs is 3. The molecule has 0 amide bonds. The van der Waals surface area contributed by atoms with E-state index in [1.165, 1.54) is 81.6 Å². The van der Waals surface area contributed by atoms with Crippen molar-refractivity contribution in [2.45, 2.75) is 0 Å². The van der Waals surface area contributed by atoms with Crippen LogP contribution in [0.5, 0.6) is 0 Å². The average molecular weight is 719 g/mol. The Morgan fingerprint density at radius 3 is 0.745 bits per heavy atom. The van der Waals surface area contributed by atoms with Crippen LogP contribution in [0.2, 0.25) is 0 Å². The summed E-state index contributed by atoms with van der Waals surface area (Å²) in [4.78, 5) is 0. The maximum Gasteiger partial charge on any atom is -0.0134 e. The van der Waals surface area contributed by atoms with Gasteiger partial charge in [0.15, 0.2) is 0 Å². The van der Waals surface area contributed by atoms with Gasteiger partial charge in [-0.25, -0.2) is 0 Å². The Labute approximate surface area is 324 Å². The second-order valence-corrected chi connectivity index (χ2v) is 16.1. The highest BCUT2D eigenvalue weighted by molar-refractivity contribution is 7.79. The van der Waals surface area contributed by atoms with E-state index < -0.39 is 7.92 Å². The molecule has 0 spiro atoms. The van der Waals surface area contributed by atoms with Gasteiger partial charge in [-0.3, -0.25) is 0 Å². The van der Waals surface area contributed by atoms with Crippen LogP contribution in [0, 0.1) is 0 Å². The van der Waals surface area contributed by atoms with E-state index in [2.05, 4.69) is 237 Å². The van der Waals surface area contributed by atoms with Gasteiger partial charge in [-0.1, -0.05) is 218 Å². The first-order chi connectivity index (χ1) is 27.2. The van der Waals surface area contributed by atoms with Crippen molar-refractivity contribution in [2.24, 2.45) is 0 Å². The molecule has 1 heteroatoms. The van der Waals surface area contributed by atoms with Crippen LogP contribution in [-0.2, 0) is 0 Å². The average Bonchev–Trinajstić information content (AvgIpc) is 3.25. The van der Waals surface area contributed by atoms with Crippen LogP contribution in [0.4, 0.5) is 0 Å². The third-order valence-corrected chi connectivity index (χ3v) is 12.6. The van der Waals surface area contributed by atoms with Crippen molar-refractivity contribution in [2.75, 3.05) is 0 Å². The number of benzene rings is 9. The largest absolute Gasteiger partial charge is 0.0616 e. The van der Waals surface area contributed by atoms with Gasteiger partial charge in [0, 0.05) is 0 Å². The molecule has 9 aromatic carbocycles. The summed E-state index contributed by atoms with van der Waals surface area (Å²) in [6.07, 6.45) is 13.3. The minimum atomic E-state index is -0.774. The number of hydrogen-bond acceptors (Lipinski definition) is 0. The summed E-state index contributed by atoms with van der Waals surface area (Å²) >= 11 is 0. The highest BCUT2D eigenvalue weighted by Crippen LogP contribution is 2.34. The molecule has 0 saturated heterocycles. The molecule has 0 unspecified atom stereocenters. The summed E-state index contributed by atoms with van der Waals surface area (Å²) < 4.78 is 0. The molecule has 0 saturated carbocycles. The summed E-state index contributed by atoms with van der Waals surface area (Å²) in [5.41, 5.74) is 7.18. The Morgan fingerprint density at radius 1 is 0.218 bits per heavy atom. The van der Waals surface area contributed by atoms with Crippen LogP contribution in [0.25, 0.3) is 68.8 Å². The molecule has 9 aromatic rings. The zero-order valence-electron chi connectivity index (χ0n) is 30.5. The molecule has 0 aliphatic carbocycles. The molecule has 0 fully saturated rings. The molecule has 260 valence electrons. The summed E-state index contributed by atoms with van der Waals surface area (Å²) in [6.45, 7) is 0. The first-order valence-electron chi connectivity index (χ1n) is 18.8. The third-order valence-electron chi connectivity index (χ3n) is 10.2. The minimum absolute atomic E-state index is 0.774. The first kappa shape index (κ1) is 34.2. The monoisotopic (exact) mass is 718 g/mol. The van der Waals surface area contributed by atoms with Crippen molar-refractivity contribution in [3.8, 4) is 0 Å². The van der Waals surface area contributed by atoms with E-state index in [4.69, 9.17) is 0 Å². The van der Waals surface area contributed by atoms with Gasteiger partial charge >= 0.3 is 0 Å². The van der Waals surface area contributed by atoms with Crippen molar-refractivity contribution in [1.29, 1.82) is 0 Å². The zero-order valence-corrected chi connectivity index (χ0v) is 31.4. The molecule has 0 heterocycles. The van der Waals surface area contributed by atoms with Crippen molar-refractivity contribution in [1.82, 2.24) is 0 Å². The molecule has 0 radical (unpaired) electrons. The summed E-state index contributed by atoms with van der Waals surface area (Å²) in [5.74, 6) is 0. The van der Waals surface area contributed by atoms with Crippen molar-refractivity contribution >= 4 is 92.6 Å². The molecule has 0 nitrogen and oxygen atoms in total. The van der Waals surface area contributed by atoms with Gasteiger partial charge in [0.05, 0.1) is 0 Å². The van der Waals surface area contributed by atoms with Crippen LogP contribution in [0.1, 0.15) is 33.4 Å². The molecular weight excluding hydrogens is 680 g/mol. The topological polar surface area (TPSA) is 0 Å². The Hall–Kier alpha value is -6.59. The fraction of sp³-hybridized carbons (Fsp3) is 0. The molecule has 0 N–H and O–H groups in total. The predicted molar refractivity (Wildman–Crippen MR) is 244 cm³/mol. The smallest absolute Gasteiger partial charge is 0.0134 e. The second kappa shape index (κ2) is 15.8. The maximum absolute atomic E-state index is 2.31. The fourth-order valence-electron chi connectivity index (χ4n) is 7.16. The van der Waals surface area contributed by atoms with Crippen molar-refractivity contribution in [3.05, 3.63) is 234 Å². The zero-order chi connectivity index (χ0) is 36.8. The van der Waals surface area contributed by atoms with Crippen molar-refractivity contribution < 1.29 is 0 Å². The van der Waals surface area contributed by atoms with Gasteiger partial charge < -0.3 is 0 Å². The van der Waals surface area contributed by atoms with Gasteiger partial charge in [0.1, 0.15) is 0 Å². The Balaban J connectivity index is 0.987. The molecule has 0 atom stereocenters. The molecule has 9 rings (SSSR count). The summed E-state index contributed by atoms with van der Waals surface area (Å²) in [5, 5.41) is 11.6. The molecule has 0 aliphatic rings. The lowest BCUT2D eigenvalue weighted by Gasteiger charge is -2.20. The van der Waals surface area contributed by atoms with Crippen LogP contribution >= 0.6 is 7.92 Å². The highest BCUT2D eigenvalue weighted by atomic mass is 31.1. The van der Waals surface area contributed by atoms with E-state index in [0.29, 0.717) is 0 Å². The van der Waals surface area contributed by atoms with Crippen LogP contribution in [0.15, 0.2) is 200 Å². The second-order valence-electron chi connectivity index (χ2n) is 13.9. The van der Waals surface area contributed by atoms with E-state index in [9.17, 15) is 0 Å². The minimum Gasteiger partial charge on any atom is -0.0616 e. The lowest BCUT2D eigenvalue weighted by molar-refractivity contribution is 1.67. The summed E-state index contributed by atoms with van der Waals surface area (Å²) in [7, 11) is -0.774. The van der Waals surface area contributed by atoms with Crippen LogP contribution < -0.4 is 15.9 Å². The van der Waals surface area contributed by atoms with Gasteiger partial charge in [-0.05, 0) is 108 Å². The fourth-order valence-corrected chi connectivity index (χ4v) is 9.40. The van der Waals surface area contributed by atoms with E-state index >= 15 is 0 Å². The lowest BCUT2D eigenvalue weighted by Crippen LogP contribution is -2.20. The molecule has 55 heavy (non-hydrogen) atoms. The normalized spacial score (nSPS) is 11.9. The Morgan fingerprint density at radius 2 is 0.455 bits per heavy atom. The third kappa shape index (κ3) is 8.02. The van der Waals surface area contributed by atoms with Gasteiger partial charge in [0.2, 0.25) is 0 Å². The quantitative estimate of drug-likeness (QED) is 0.103. The van der Waals surface area contributed by atoms with Gasteiger partial charge in [0.25, 0.3) is 0 Å². The summed E-state index contributed by atoms with van der Waals surface area (Å²) in [6, 6.07) is 72.8. The molecule has 0 aliphatic heterocycles. The van der Waals surface area contributed by atoms with E-state index in [-0.39, 0.29) is 0 Å². The first-order valence-corrected chi connectivity index (χ1v) is 20.2. The molecule has 0 aromatic heterocycles. The maximum atomic E-state index is 2.31. The number of rotatable bonds is 9. The van der Waals surface area contributed by atoms with E-state index in [1.54, 1.807) is 0 Å². The van der Waals surface area contributed by atoms with E-state index in [1.807, 2.05) is 0 Å². The van der Waals surface area contributed by atoms with Crippen LogP contribution in [-0.4, -0.2) is 0 Å². The van der Waals surface area contributed by atoms with Crippen LogP contribution in [0.3, 0.4) is 0 Å². The Bertz CT molecular complexity index is 2520. The van der Waals surface area contributed by atoms with E-state index in [0.717, 1.165) is 0 Å². The van der Waals surface area contributed by atoms with Gasteiger partial charge in [-0.15, -0.1) is 0 Å². The molecular formula is C54H39P. The molecule has 0 bridgehead atoms. The predicted octanol–water partition coefficient (Wildman–Crippen LogP) is 13.4. The Kier molecular flexibility index (Phi) is 9.82. The van der Waals surface area contributed by atoms with Gasteiger partial charge in [-0.2, -0.15) is 0 Å². The lowest BCUT2D eigenvalue weighted by atomic mass is 10.1.